The van der Waals surface area contributed by atoms with Crippen LogP contribution in [0.25, 0.3) is 0 Å². The van der Waals surface area contributed by atoms with Gasteiger partial charge in [0, 0.05) is 40.4 Å². The number of primary amides is 1. The van der Waals surface area contributed by atoms with Gasteiger partial charge in [-0.3, -0.25) is 14.4 Å². The van der Waals surface area contributed by atoms with Gasteiger partial charge in [-0.25, -0.2) is 0 Å². The van der Waals surface area contributed by atoms with Crippen LogP contribution < -0.4 is 11.1 Å². The molecule has 4 rings (SSSR count). The summed E-state index contributed by atoms with van der Waals surface area (Å²) in [4.78, 5) is 40.2. The van der Waals surface area contributed by atoms with Gasteiger partial charge in [-0.15, -0.1) is 0 Å². The highest BCUT2D eigenvalue weighted by atomic mass is 79.9. The van der Waals surface area contributed by atoms with E-state index in [1.165, 1.54) is 4.90 Å². The smallest absolute Gasteiger partial charge is 0.238 e. The SMILES string of the molecule is C=C(C)C1N(CC(N)=O)C(=O)CC(c2cccc(Cl)c2)C12C(=O)Nc1cc(Br)ccc12.COC(C)[Si](C)(C)C. The van der Waals surface area contributed by atoms with Crippen LogP contribution >= 0.6 is 27.5 Å². The molecule has 3 N–H and O–H groups in total. The molecule has 3 amide bonds. The van der Waals surface area contributed by atoms with E-state index < -0.39 is 31.4 Å². The second-order valence-electron chi connectivity index (χ2n) is 11.3. The monoisotopic (exact) mass is 633 g/mol. The van der Waals surface area contributed by atoms with Crippen molar-refractivity contribution < 1.29 is 19.1 Å². The fourth-order valence-electron chi connectivity index (χ4n) is 5.44. The van der Waals surface area contributed by atoms with E-state index in [0.717, 1.165) is 15.6 Å². The highest BCUT2D eigenvalue weighted by molar-refractivity contribution is 9.10. The third kappa shape index (κ3) is 6.16. The molecule has 0 aliphatic carbocycles. The Labute approximate surface area is 245 Å². The number of carbonyl (C=O) groups excluding carboxylic acids is 3. The van der Waals surface area contributed by atoms with Crippen molar-refractivity contribution in [1.82, 2.24) is 4.90 Å². The first-order valence-corrected chi connectivity index (χ1v) is 17.5. The van der Waals surface area contributed by atoms with Gasteiger partial charge in [0.05, 0.1) is 20.7 Å². The summed E-state index contributed by atoms with van der Waals surface area (Å²) in [6, 6.07) is 12.0. The van der Waals surface area contributed by atoms with E-state index in [1.807, 2.05) is 24.3 Å². The number of nitrogens with one attached hydrogen (secondary N) is 1. The lowest BCUT2D eigenvalue weighted by molar-refractivity contribution is -0.146. The Morgan fingerprint density at radius 2 is 1.95 bits per heavy atom. The number of rotatable bonds is 6. The van der Waals surface area contributed by atoms with Crippen molar-refractivity contribution in [3.05, 3.63) is 75.2 Å². The number of methoxy groups -OCH3 is 1. The molecule has 0 radical (unpaired) electrons. The summed E-state index contributed by atoms with van der Waals surface area (Å²) < 4.78 is 5.99. The molecule has 0 bridgehead atoms. The molecule has 4 unspecified atom stereocenters. The van der Waals surface area contributed by atoms with Gasteiger partial charge in [-0.1, -0.05) is 77.5 Å². The van der Waals surface area contributed by atoms with Crippen LogP contribution in [0.15, 0.2) is 59.1 Å². The summed E-state index contributed by atoms with van der Waals surface area (Å²) in [6.07, 6.45) is 0.0281. The molecule has 0 aromatic heterocycles. The van der Waals surface area contributed by atoms with Crippen molar-refractivity contribution in [3.63, 3.8) is 0 Å². The molecule has 210 valence electrons. The van der Waals surface area contributed by atoms with Gasteiger partial charge in [0.2, 0.25) is 17.7 Å². The van der Waals surface area contributed by atoms with Crippen molar-refractivity contribution in [3.8, 4) is 0 Å². The average Bonchev–Trinajstić information content (AvgIpc) is 3.10. The van der Waals surface area contributed by atoms with E-state index >= 15 is 0 Å². The zero-order valence-electron chi connectivity index (χ0n) is 23.3. The normalized spacial score (nSPS) is 23.0. The minimum absolute atomic E-state index is 0.0281. The maximum absolute atomic E-state index is 13.8. The lowest BCUT2D eigenvalue weighted by Crippen LogP contribution is -2.64. The second-order valence-corrected chi connectivity index (χ2v) is 18.2. The number of anilines is 1. The lowest BCUT2D eigenvalue weighted by atomic mass is 9.58. The molecule has 7 nitrogen and oxygen atoms in total. The van der Waals surface area contributed by atoms with Crippen LogP contribution in [-0.4, -0.2) is 56.1 Å². The van der Waals surface area contributed by atoms with Gasteiger partial charge in [0.1, 0.15) is 5.41 Å². The molecule has 2 aromatic carbocycles. The summed E-state index contributed by atoms with van der Waals surface area (Å²) in [6.45, 7) is 14.6. The Kier molecular flexibility index (Phi) is 9.53. The van der Waals surface area contributed by atoms with Gasteiger partial charge in [-0.2, -0.15) is 0 Å². The molecule has 1 spiro atoms. The number of hydrogen-bond donors (Lipinski definition) is 2. The minimum atomic E-state index is -1.18. The summed E-state index contributed by atoms with van der Waals surface area (Å²) >= 11 is 9.72. The third-order valence-corrected chi connectivity index (χ3v) is 11.1. The fraction of sp³-hybridized carbons (Fsp3) is 0.414. The summed E-state index contributed by atoms with van der Waals surface area (Å²) in [5, 5.41) is 3.50. The number of fused-ring (bicyclic) bond motifs is 2. The molecular formula is C29H37BrClN3O4Si. The van der Waals surface area contributed by atoms with Gasteiger partial charge >= 0.3 is 0 Å². The van der Waals surface area contributed by atoms with E-state index in [1.54, 1.807) is 32.2 Å². The maximum Gasteiger partial charge on any atom is 0.238 e. The summed E-state index contributed by atoms with van der Waals surface area (Å²) in [5.74, 6) is -1.67. The minimum Gasteiger partial charge on any atom is -0.385 e. The Morgan fingerprint density at radius 1 is 1.28 bits per heavy atom. The van der Waals surface area contributed by atoms with E-state index in [9.17, 15) is 14.4 Å². The number of nitrogens with two attached hydrogens (primary N) is 1. The molecule has 1 fully saturated rings. The number of amides is 3. The van der Waals surface area contributed by atoms with Crippen LogP contribution in [0.4, 0.5) is 5.69 Å². The Balaban J connectivity index is 0.000000459. The fourth-order valence-corrected chi connectivity index (χ4v) is 6.71. The molecule has 0 saturated carbocycles. The third-order valence-electron chi connectivity index (χ3n) is 7.66. The van der Waals surface area contributed by atoms with Crippen LogP contribution in [0.1, 0.15) is 37.3 Å². The number of hydrogen-bond acceptors (Lipinski definition) is 4. The number of ether oxygens (including phenoxy) is 1. The van der Waals surface area contributed by atoms with Gasteiger partial charge in [0.15, 0.2) is 0 Å². The first-order chi connectivity index (χ1) is 18.1. The zero-order chi connectivity index (χ0) is 29.3. The van der Waals surface area contributed by atoms with Crippen LogP contribution in [0.5, 0.6) is 0 Å². The molecule has 2 aliphatic rings. The van der Waals surface area contributed by atoms with Gasteiger partial charge in [-0.05, 0) is 49.2 Å². The van der Waals surface area contributed by atoms with Crippen molar-refractivity contribution in [2.45, 2.75) is 63.0 Å². The molecular weight excluding hydrogens is 598 g/mol. The second kappa shape index (κ2) is 12.0. The quantitative estimate of drug-likeness (QED) is 0.317. The number of benzene rings is 2. The molecule has 2 heterocycles. The number of nitrogens with zero attached hydrogens (tertiary/aromatic N) is 1. The summed E-state index contributed by atoms with van der Waals surface area (Å²) in [7, 11) is 0.798. The average molecular weight is 635 g/mol. The van der Waals surface area contributed by atoms with Crippen molar-refractivity contribution >= 4 is 59.0 Å². The lowest BCUT2D eigenvalue weighted by Gasteiger charge is -2.51. The molecule has 4 atom stereocenters. The van der Waals surface area contributed by atoms with Crippen LogP contribution in [-0.2, 0) is 24.5 Å². The van der Waals surface area contributed by atoms with E-state index in [2.05, 4.69) is 54.4 Å². The van der Waals surface area contributed by atoms with E-state index in [-0.39, 0.29) is 24.8 Å². The van der Waals surface area contributed by atoms with Crippen LogP contribution in [0.2, 0.25) is 24.7 Å². The molecule has 2 aliphatic heterocycles. The van der Waals surface area contributed by atoms with Crippen LogP contribution in [0, 0.1) is 0 Å². The number of piperidine rings is 1. The molecule has 2 aromatic rings. The molecule has 39 heavy (non-hydrogen) atoms. The highest BCUT2D eigenvalue weighted by Crippen LogP contribution is 2.56. The number of carbonyl (C=O) groups is 3. The largest absolute Gasteiger partial charge is 0.385 e. The zero-order valence-corrected chi connectivity index (χ0v) is 26.7. The molecule has 10 heteroatoms. The predicted octanol–water partition coefficient (Wildman–Crippen LogP) is 5.64. The van der Waals surface area contributed by atoms with Crippen molar-refractivity contribution in [2.24, 2.45) is 5.73 Å². The van der Waals surface area contributed by atoms with Gasteiger partial charge < -0.3 is 20.7 Å². The highest BCUT2D eigenvalue weighted by Gasteiger charge is 2.63. The first-order valence-electron chi connectivity index (χ1n) is 12.8. The Hall–Kier alpha value is -2.46. The maximum atomic E-state index is 13.8. The number of halogens is 2. The Morgan fingerprint density at radius 3 is 2.46 bits per heavy atom. The standard InChI is InChI=1S/C23H21BrClN3O3.C6H16OSi/c1-12(2)21-23(16-7-6-14(24)9-18(16)27-22(23)31)17(13-4-3-5-15(25)8-13)10-20(30)28(21)11-19(26)29;1-6(7-2)8(3,4)5/h3-9,17,21H,1,10-11H2,2H3,(H2,26,29)(H,27,31);6H,1-5H3. The predicted molar refractivity (Wildman–Crippen MR) is 163 cm³/mol. The topological polar surface area (TPSA) is 102 Å². The number of likely N-dealkylation sites (tertiary alicyclic amines) is 1. The van der Waals surface area contributed by atoms with E-state index in [0.29, 0.717) is 22.0 Å². The Bertz CT molecular complexity index is 1300. The molecule has 1 saturated heterocycles. The summed E-state index contributed by atoms with van der Waals surface area (Å²) in [5.41, 5.74) is 7.54. The van der Waals surface area contributed by atoms with E-state index in [4.69, 9.17) is 22.1 Å². The van der Waals surface area contributed by atoms with Crippen molar-refractivity contribution in [1.29, 1.82) is 0 Å². The van der Waals surface area contributed by atoms with Crippen molar-refractivity contribution in [2.75, 3.05) is 19.0 Å². The first kappa shape index (κ1) is 31.1. The van der Waals surface area contributed by atoms with Gasteiger partial charge in [0.25, 0.3) is 0 Å². The van der Waals surface area contributed by atoms with Crippen LogP contribution in [0.3, 0.4) is 0 Å².